The average Bonchev–Trinajstić information content (AvgIpc) is 3.21. The number of hydrogen-bond acceptors (Lipinski definition) is 4. The van der Waals surface area contributed by atoms with E-state index in [0.29, 0.717) is 0 Å². The molecule has 1 unspecified atom stereocenters. The maximum absolute atomic E-state index is 13.5. The van der Waals surface area contributed by atoms with Gasteiger partial charge in [-0.1, -0.05) is 55.5 Å². The first-order valence-corrected chi connectivity index (χ1v) is 10.8. The lowest BCUT2D eigenvalue weighted by molar-refractivity contribution is -0.141. The van der Waals surface area contributed by atoms with Crippen LogP contribution in [0.4, 0.5) is 13.6 Å². The summed E-state index contributed by atoms with van der Waals surface area (Å²) < 4.78 is 32.4. The van der Waals surface area contributed by atoms with E-state index in [1.165, 1.54) is 0 Å². The van der Waals surface area contributed by atoms with E-state index in [1.807, 2.05) is 48.5 Å². The lowest BCUT2D eigenvalue weighted by atomic mass is 9.98. The van der Waals surface area contributed by atoms with Crippen molar-refractivity contribution >= 4 is 18.0 Å². The molecule has 3 atom stereocenters. The Labute approximate surface area is 189 Å². The van der Waals surface area contributed by atoms with Crippen LogP contribution in [0.15, 0.2) is 48.5 Å². The van der Waals surface area contributed by atoms with Crippen LogP contribution < -0.4 is 10.6 Å². The fourth-order valence-corrected chi connectivity index (χ4v) is 4.45. The van der Waals surface area contributed by atoms with Crippen molar-refractivity contribution in [1.29, 1.82) is 0 Å². The third-order valence-corrected chi connectivity index (χ3v) is 6.33. The molecule has 0 saturated heterocycles. The number of alkyl halides is 2. The number of hydrogen-bond donors (Lipinski definition) is 3. The molecule has 2 amide bonds. The molecule has 33 heavy (non-hydrogen) atoms. The maximum atomic E-state index is 13.5. The SMILES string of the molecule is CCC(NC(=O)OCC1c2ccccc2-c2ccccc21)C(=O)NC[C@@H]1[C@H](C(=O)O)C1(F)F. The standard InChI is InChI=1S/C24H24F2N2O5/c1-2-19(21(29)27-11-18-20(22(30)31)24(18,25)26)28-23(32)33-12-17-15-9-5-3-7-13(15)14-8-4-6-10-16(14)17/h3-10,17-20H,2,11-12H2,1H3,(H,27,29)(H,28,32)(H,30,31)/t18-,19?,20-/m1/s1. The number of carbonyl (C=O) groups is 3. The molecule has 2 aliphatic carbocycles. The van der Waals surface area contributed by atoms with Gasteiger partial charge in [-0.3, -0.25) is 9.59 Å². The monoisotopic (exact) mass is 458 g/mol. The van der Waals surface area contributed by atoms with Gasteiger partial charge in [-0.15, -0.1) is 0 Å². The summed E-state index contributed by atoms with van der Waals surface area (Å²) in [6.07, 6.45) is -0.585. The van der Waals surface area contributed by atoms with Crippen molar-refractivity contribution in [3.63, 3.8) is 0 Å². The Morgan fingerprint density at radius 2 is 1.64 bits per heavy atom. The first-order valence-electron chi connectivity index (χ1n) is 10.8. The predicted molar refractivity (Wildman–Crippen MR) is 115 cm³/mol. The first-order chi connectivity index (χ1) is 15.8. The highest BCUT2D eigenvalue weighted by Gasteiger charge is 2.72. The molecule has 1 fully saturated rings. The molecule has 2 aliphatic rings. The summed E-state index contributed by atoms with van der Waals surface area (Å²) in [6.45, 7) is 1.25. The summed E-state index contributed by atoms with van der Waals surface area (Å²) in [4.78, 5) is 35.6. The Kier molecular flexibility index (Phi) is 6.05. The number of amides is 2. The number of benzene rings is 2. The fraction of sp³-hybridized carbons (Fsp3) is 0.375. The number of carboxylic acids is 1. The summed E-state index contributed by atoms with van der Waals surface area (Å²) in [5.74, 6) is -9.00. The minimum Gasteiger partial charge on any atom is -0.481 e. The molecule has 174 valence electrons. The van der Waals surface area contributed by atoms with Crippen LogP contribution in [0, 0.1) is 11.8 Å². The van der Waals surface area contributed by atoms with Gasteiger partial charge in [0.05, 0.1) is 5.92 Å². The zero-order valence-corrected chi connectivity index (χ0v) is 17.9. The highest BCUT2D eigenvalue weighted by molar-refractivity contribution is 5.86. The second kappa shape index (κ2) is 8.80. The lowest BCUT2D eigenvalue weighted by Gasteiger charge is -2.18. The number of nitrogens with one attached hydrogen (secondary N) is 2. The molecule has 3 N–H and O–H groups in total. The summed E-state index contributed by atoms with van der Waals surface area (Å²) in [5, 5.41) is 13.6. The number of halogens is 2. The van der Waals surface area contributed by atoms with Crippen molar-refractivity contribution in [2.24, 2.45) is 11.8 Å². The average molecular weight is 458 g/mol. The Morgan fingerprint density at radius 3 is 2.15 bits per heavy atom. The van der Waals surface area contributed by atoms with Gasteiger partial charge in [0.25, 0.3) is 5.92 Å². The quantitative estimate of drug-likeness (QED) is 0.563. The maximum Gasteiger partial charge on any atom is 0.407 e. The summed E-state index contributed by atoms with van der Waals surface area (Å²) >= 11 is 0. The van der Waals surface area contributed by atoms with Crippen LogP contribution in [0.1, 0.15) is 30.4 Å². The van der Waals surface area contributed by atoms with E-state index in [2.05, 4.69) is 10.6 Å². The third-order valence-electron chi connectivity index (χ3n) is 6.33. The zero-order chi connectivity index (χ0) is 23.8. The van der Waals surface area contributed by atoms with Gasteiger partial charge in [0.2, 0.25) is 5.91 Å². The van der Waals surface area contributed by atoms with Crippen LogP contribution in [0.3, 0.4) is 0 Å². The van der Waals surface area contributed by atoms with Gasteiger partial charge in [0, 0.05) is 12.5 Å². The number of aliphatic carboxylic acids is 1. The molecule has 4 rings (SSSR count). The van der Waals surface area contributed by atoms with Crippen molar-refractivity contribution in [2.45, 2.75) is 31.2 Å². The van der Waals surface area contributed by atoms with Crippen LogP contribution in [0.2, 0.25) is 0 Å². The van der Waals surface area contributed by atoms with Crippen molar-refractivity contribution in [3.05, 3.63) is 59.7 Å². The first kappa shape index (κ1) is 22.7. The zero-order valence-electron chi connectivity index (χ0n) is 17.9. The van der Waals surface area contributed by atoms with E-state index in [4.69, 9.17) is 9.84 Å². The van der Waals surface area contributed by atoms with Crippen molar-refractivity contribution < 1.29 is 33.0 Å². The second-order valence-electron chi connectivity index (χ2n) is 8.27. The lowest BCUT2D eigenvalue weighted by Crippen LogP contribution is -2.47. The largest absolute Gasteiger partial charge is 0.481 e. The van der Waals surface area contributed by atoms with Gasteiger partial charge in [-0.25, -0.2) is 13.6 Å². The molecule has 0 spiro atoms. The Bertz CT molecular complexity index is 1040. The summed E-state index contributed by atoms with van der Waals surface area (Å²) in [5.41, 5.74) is 4.28. The van der Waals surface area contributed by atoms with Crippen LogP contribution >= 0.6 is 0 Å². The van der Waals surface area contributed by atoms with Crippen LogP contribution in [0.25, 0.3) is 11.1 Å². The Balaban J connectivity index is 1.32. The molecule has 7 nitrogen and oxygen atoms in total. The van der Waals surface area contributed by atoms with Gasteiger partial charge >= 0.3 is 12.1 Å². The predicted octanol–water partition coefficient (Wildman–Crippen LogP) is 3.39. The molecule has 0 heterocycles. The Hall–Kier alpha value is -3.49. The topological polar surface area (TPSA) is 105 Å². The summed E-state index contributed by atoms with van der Waals surface area (Å²) in [6, 6.07) is 14.8. The third kappa shape index (κ3) is 4.27. The van der Waals surface area contributed by atoms with Gasteiger partial charge in [-0.05, 0) is 28.7 Å². The molecular formula is C24H24F2N2O5. The summed E-state index contributed by atoms with van der Waals surface area (Å²) in [7, 11) is 0. The Morgan fingerprint density at radius 1 is 1.06 bits per heavy atom. The molecule has 0 radical (unpaired) electrons. The van der Waals surface area contributed by atoms with Crippen LogP contribution in [0.5, 0.6) is 0 Å². The molecule has 0 bridgehead atoms. The van der Waals surface area contributed by atoms with E-state index in [-0.39, 0.29) is 18.9 Å². The minimum atomic E-state index is -3.35. The number of fused-ring (bicyclic) bond motifs is 3. The van der Waals surface area contributed by atoms with Gasteiger partial charge in [-0.2, -0.15) is 0 Å². The van der Waals surface area contributed by atoms with E-state index in [0.717, 1.165) is 22.3 Å². The van der Waals surface area contributed by atoms with Gasteiger partial charge < -0.3 is 20.5 Å². The fourth-order valence-electron chi connectivity index (χ4n) is 4.45. The smallest absolute Gasteiger partial charge is 0.407 e. The van der Waals surface area contributed by atoms with E-state index in [1.54, 1.807) is 6.92 Å². The van der Waals surface area contributed by atoms with E-state index >= 15 is 0 Å². The molecular weight excluding hydrogens is 434 g/mol. The van der Waals surface area contributed by atoms with Crippen LogP contribution in [-0.2, 0) is 14.3 Å². The minimum absolute atomic E-state index is 0.0759. The molecule has 2 aromatic rings. The highest BCUT2D eigenvalue weighted by atomic mass is 19.3. The molecule has 0 aromatic heterocycles. The van der Waals surface area contributed by atoms with E-state index in [9.17, 15) is 23.2 Å². The van der Waals surface area contributed by atoms with Gasteiger partial charge in [0.15, 0.2) is 0 Å². The number of ether oxygens (including phenoxy) is 1. The molecule has 9 heteroatoms. The van der Waals surface area contributed by atoms with Gasteiger partial charge in [0.1, 0.15) is 18.6 Å². The van der Waals surface area contributed by atoms with E-state index < -0.39 is 48.3 Å². The number of carboxylic acid groups (broad SMARTS) is 1. The van der Waals surface area contributed by atoms with Crippen molar-refractivity contribution in [1.82, 2.24) is 10.6 Å². The second-order valence-corrected chi connectivity index (χ2v) is 8.27. The number of alkyl carbamates (subject to hydrolysis) is 1. The number of rotatable bonds is 8. The normalized spacial score (nSPS) is 20.8. The highest BCUT2D eigenvalue weighted by Crippen LogP contribution is 2.54. The molecule has 1 saturated carbocycles. The molecule has 0 aliphatic heterocycles. The van der Waals surface area contributed by atoms with Crippen molar-refractivity contribution in [2.75, 3.05) is 13.2 Å². The van der Waals surface area contributed by atoms with Crippen LogP contribution in [-0.4, -0.2) is 48.2 Å². The number of carbonyl (C=O) groups excluding carboxylic acids is 2. The van der Waals surface area contributed by atoms with Crippen molar-refractivity contribution in [3.8, 4) is 11.1 Å². The molecule has 2 aromatic carbocycles.